The first-order chi connectivity index (χ1) is 14.8. The van der Waals surface area contributed by atoms with Gasteiger partial charge in [-0.15, -0.1) is 0 Å². The van der Waals surface area contributed by atoms with E-state index in [4.69, 9.17) is 16.6 Å². The second-order valence-corrected chi connectivity index (χ2v) is 7.15. The van der Waals surface area contributed by atoms with E-state index in [1.165, 1.54) is 0 Å². The summed E-state index contributed by atoms with van der Waals surface area (Å²) in [5.74, 6) is 0.420. The molecule has 2 heterocycles. The molecule has 0 unspecified atom stereocenters. The van der Waals surface area contributed by atoms with Gasteiger partial charge in [-0.3, -0.25) is 4.98 Å². The number of nitrogens with zero attached hydrogens (tertiary/aromatic N) is 4. The number of para-hydroxylation sites is 2. The minimum absolute atomic E-state index is 0.420. The summed E-state index contributed by atoms with van der Waals surface area (Å²) in [4.78, 5) is 13.7. The van der Waals surface area contributed by atoms with Crippen LogP contribution in [0.3, 0.4) is 0 Å². The van der Waals surface area contributed by atoms with Crippen molar-refractivity contribution >= 4 is 45.6 Å². The quantitative estimate of drug-likeness (QED) is 0.294. The van der Waals surface area contributed by atoms with Crippen molar-refractivity contribution in [3.05, 3.63) is 95.6 Å². The van der Waals surface area contributed by atoms with Gasteiger partial charge >= 0.3 is 0 Å². The van der Waals surface area contributed by atoms with Crippen molar-refractivity contribution in [2.75, 3.05) is 5.43 Å². The number of aromatic nitrogens is 3. The van der Waals surface area contributed by atoms with Gasteiger partial charge in [-0.25, -0.2) is 15.4 Å². The zero-order chi connectivity index (χ0) is 20.3. The number of hydrogen-bond acceptors (Lipinski definition) is 5. The van der Waals surface area contributed by atoms with Crippen molar-refractivity contribution in [3.8, 4) is 11.3 Å². The molecule has 5 aromatic rings. The van der Waals surface area contributed by atoms with Gasteiger partial charge in [0.25, 0.3) is 0 Å². The van der Waals surface area contributed by atoms with Gasteiger partial charge in [0, 0.05) is 33.1 Å². The Morgan fingerprint density at radius 1 is 0.833 bits per heavy atom. The van der Waals surface area contributed by atoms with Crippen molar-refractivity contribution in [2.45, 2.75) is 0 Å². The molecule has 5 rings (SSSR count). The summed E-state index contributed by atoms with van der Waals surface area (Å²) in [6.45, 7) is 0. The van der Waals surface area contributed by atoms with Crippen LogP contribution < -0.4 is 5.43 Å². The summed E-state index contributed by atoms with van der Waals surface area (Å²) in [5, 5.41) is 7.07. The fraction of sp³-hybridized carbons (Fsp3) is 0. The number of benzene rings is 3. The SMILES string of the molecule is Clc1ccc(-c2nc(N/N=C/c3cccc4cccnc34)nc3ccccc23)cc1. The van der Waals surface area contributed by atoms with E-state index in [0.29, 0.717) is 11.0 Å². The van der Waals surface area contributed by atoms with E-state index < -0.39 is 0 Å². The predicted molar refractivity (Wildman–Crippen MR) is 123 cm³/mol. The van der Waals surface area contributed by atoms with Crippen molar-refractivity contribution < 1.29 is 0 Å². The fourth-order valence-electron chi connectivity index (χ4n) is 3.35. The van der Waals surface area contributed by atoms with Crippen LogP contribution in [-0.4, -0.2) is 21.2 Å². The van der Waals surface area contributed by atoms with Crippen molar-refractivity contribution in [1.82, 2.24) is 15.0 Å². The smallest absolute Gasteiger partial charge is 0.244 e. The van der Waals surface area contributed by atoms with Crippen LogP contribution in [0.2, 0.25) is 5.02 Å². The first-order valence-corrected chi connectivity index (χ1v) is 9.81. The predicted octanol–water partition coefficient (Wildman–Crippen LogP) is 5.94. The largest absolute Gasteiger partial charge is 0.256 e. The fourth-order valence-corrected chi connectivity index (χ4v) is 3.47. The highest BCUT2D eigenvalue weighted by Gasteiger charge is 2.09. The molecule has 5 nitrogen and oxygen atoms in total. The van der Waals surface area contributed by atoms with E-state index in [0.717, 1.165) is 38.6 Å². The summed E-state index contributed by atoms with van der Waals surface area (Å²) in [6.07, 6.45) is 3.51. The van der Waals surface area contributed by atoms with E-state index >= 15 is 0 Å². The lowest BCUT2D eigenvalue weighted by molar-refractivity contribution is 1.16. The van der Waals surface area contributed by atoms with Gasteiger partial charge in [0.1, 0.15) is 0 Å². The Labute approximate surface area is 178 Å². The third kappa shape index (κ3) is 3.58. The first kappa shape index (κ1) is 18.2. The molecule has 0 bridgehead atoms. The summed E-state index contributed by atoms with van der Waals surface area (Å²) in [7, 11) is 0. The van der Waals surface area contributed by atoms with E-state index in [1.54, 1.807) is 12.4 Å². The second kappa shape index (κ2) is 7.89. The summed E-state index contributed by atoms with van der Waals surface area (Å²) < 4.78 is 0. The van der Waals surface area contributed by atoms with Crippen LogP contribution in [0.5, 0.6) is 0 Å². The molecule has 0 saturated heterocycles. The second-order valence-electron chi connectivity index (χ2n) is 6.71. The highest BCUT2D eigenvalue weighted by molar-refractivity contribution is 6.30. The molecular formula is C24H16ClN5. The highest BCUT2D eigenvalue weighted by atomic mass is 35.5. The van der Waals surface area contributed by atoms with Crippen LogP contribution in [-0.2, 0) is 0 Å². The molecule has 0 spiro atoms. The molecule has 0 aliphatic rings. The maximum Gasteiger partial charge on any atom is 0.244 e. The Hall–Kier alpha value is -3.83. The number of nitrogens with one attached hydrogen (secondary N) is 1. The summed E-state index contributed by atoms with van der Waals surface area (Å²) in [5.41, 5.74) is 7.39. The molecule has 0 radical (unpaired) electrons. The van der Waals surface area contributed by atoms with E-state index in [9.17, 15) is 0 Å². The summed E-state index contributed by atoms with van der Waals surface area (Å²) >= 11 is 6.05. The number of hydrogen-bond donors (Lipinski definition) is 1. The molecule has 3 aromatic carbocycles. The van der Waals surface area contributed by atoms with Crippen LogP contribution in [0, 0.1) is 0 Å². The van der Waals surface area contributed by atoms with E-state index in [2.05, 4.69) is 20.5 Å². The molecule has 0 aliphatic heterocycles. The third-order valence-corrected chi connectivity index (χ3v) is 5.00. The number of rotatable bonds is 4. The molecule has 0 fully saturated rings. The lowest BCUT2D eigenvalue weighted by Crippen LogP contribution is -2.00. The van der Waals surface area contributed by atoms with Gasteiger partial charge in [-0.1, -0.05) is 66.2 Å². The lowest BCUT2D eigenvalue weighted by Gasteiger charge is -2.08. The molecule has 0 atom stereocenters. The van der Waals surface area contributed by atoms with Crippen LogP contribution >= 0.6 is 11.6 Å². The molecule has 30 heavy (non-hydrogen) atoms. The minimum Gasteiger partial charge on any atom is -0.256 e. The molecule has 0 aliphatic carbocycles. The van der Waals surface area contributed by atoms with Gasteiger partial charge in [0.15, 0.2) is 0 Å². The van der Waals surface area contributed by atoms with Gasteiger partial charge in [0.2, 0.25) is 5.95 Å². The Bertz CT molecular complexity index is 1370. The maximum atomic E-state index is 6.05. The molecule has 144 valence electrons. The number of hydrazone groups is 1. The number of halogens is 1. The number of anilines is 1. The summed E-state index contributed by atoms with van der Waals surface area (Å²) in [6, 6.07) is 25.4. The van der Waals surface area contributed by atoms with Crippen LogP contribution in [0.1, 0.15) is 5.56 Å². The van der Waals surface area contributed by atoms with Gasteiger partial charge < -0.3 is 0 Å². The van der Waals surface area contributed by atoms with E-state index in [1.807, 2.05) is 78.9 Å². The van der Waals surface area contributed by atoms with Crippen molar-refractivity contribution in [2.24, 2.45) is 5.10 Å². The van der Waals surface area contributed by atoms with Crippen molar-refractivity contribution in [1.29, 1.82) is 0 Å². The van der Waals surface area contributed by atoms with E-state index in [-0.39, 0.29) is 0 Å². The molecule has 2 aromatic heterocycles. The number of pyridine rings is 1. The van der Waals surface area contributed by atoms with Crippen LogP contribution in [0.4, 0.5) is 5.95 Å². The Balaban J connectivity index is 1.51. The highest BCUT2D eigenvalue weighted by Crippen LogP contribution is 2.28. The Morgan fingerprint density at radius 2 is 1.67 bits per heavy atom. The Kier molecular flexibility index (Phi) is 4.79. The van der Waals surface area contributed by atoms with Crippen LogP contribution in [0.15, 0.2) is 90.2 Å². The van der Waals surface area contributed by atoms with Crippen LogP contribution in [0.25, 0.3) is 33.1 Å². The topological polar surface area (TPSA) is 63.1 Å². The molecule has 1 N–H and O–H groups in total. The van der Waals surface area contributed by atoms with Gasteiger partial charge in [0.05, 0.1) is 22.9 Å². The third-order valence-electron chi connectivity index (χ3n) is 4.75. The van der Waals surface area contributed by atoms with Crippen molar-refractivity contribution in [3.63, 3.8) is 0 Å². The first-order valence-electron chi connectivity index (χ1n) is 9.43. The zero-order valence-corrected chi connectivity index (χ0v) is 16.6. The molecule has 6 heteroatoms. The number of fused-ring (bicyclic) bond motifs is 2. The monoisotopic (exact) mass is 409 g/mol. The normalized spacial score (nSPS) is 11.4. The lowest BCUT2D eigenvalue weighted by atomic mass is 10.1. The zero-order valence-electron chi connectivity index (χ0n) is 15.8. The van der Waals surface area contributed by atoms with Gasteiger partial charge in [-0.2, -0.15) is 5.10 Å². The van der Waals surface area contributed by atoms with Gasteiger partial charge in [-0.05, 0) is 24.3 Å². The molecule has 0 saturated carbocycles. The average Bonchev–Trinajstić information content (AvgIpc) is 2.79. The standard InChI is InChI=1S/C24H16ClN5/c25-19-12-10-17(11-13-19)23-20-8-1-2-9-21(20)28-24(29-23)30-27-15-18-6-3-5-16-7-4-14-26-22(16)18/h1-15H,(H,28,29,30)/b27-15+. The average molecular weight is 410 g/mol. The molecule has 0 amide bonds. The maximum absolute atomic E-state index is 6.05. The molecular weight excluding hydrogens is 394 g/mol. The Morgan fingerprint density at radius 3 is 2.57 bits per heavy atom. The minimum atomic E-state index is 0.420.